The summed E-state index contributed by atoms with van der Waals surface area (Å²) in [5, 5.41) is 13.6. The highest BCUT2D eigenvalue weighted by molar-refractivity contribution is 6.00. The first-order valence-electron chi connectivity index (χ1n) is 10.3. The third-order valence-corrected chi connectivity index (χ3v) is 5.63. The number of rotatable bonds is 4. The molecule has 0 radical (unpaired) electrons. The zero-order chi connectivity index (χ0) is 22.5. The first kappa shape index (κ1) is 19.2. The van der Waals surface area contributed by atoms with E-state index in [9.17, 15) is 4.39 Å². The van der Waals surface area contributed by atoms with E-state index >= 15 is 0 Å². The zero-order valence-corrected chi connectivity index (χ0v) is 17.8. The second-order valence-corrected chi connectivity index (χ2v) is 7.77. The van der Waals surface area contributed by atoms with E-state index in [2.05, 4.69) is 30.2 Å². The number of aromatic nitrogens is 7. The lowest BCUT2D eigenvalue weighted by molar-refractivity contribution is 0.411. The molecule has 0 bridgehead atoms. The average molecular weight is 439 g/mol. The molecule has 0 aliphatic rings. The molecule has 2 N–H and O–H groups in total. The maximum atomic E-state index is 14.1. The monoisotopic (exact) mass is 439 g/mol. The molecule has 162 valence electrons. The zero-order valence-electron chi connectivity index (χ0n) is 17.8. The molecule has 33 heavy (non-hydrogen) atoms. The number of halogens is 1. The van der Waals surface area contributed by atoms with E-state index in [-0.39, 0.29) is 5.82 Å². The van der Waals surface area contributed by atoms with Crippen molar-refractivity contribution in [2.24, 2.45) is 7.05 Å². The Morgan fingerprint density at radius 1 is 0.939 bits per heavy atom. The Labute approximate surface area is 187 Å². The van der Waals surface area contributed by atoms with E-state index < -0.39 is 0 Å². The summed E-state index contributed by atoms with van der Waals surface area (Å²) in [5.41, 5.74) is 6.30. The fraction of sp³-hybridized carbons (Fsp3) is 0.0833. The summed E-state index contributed by atoms with van der Waals surface area (Å²) in [7, 11) is 3.38. The van der Waals surface area contributed by atoms with Crippen molar-refractivity contribution >= 4 is 21.8 Å². The van der Waals surface area contributed by atoms with Gasteiger partial charge in [0.25, 0.3) is 0 Å². The Morgan fingerprint density at radius 2 is 1.82 bits per heavy atom. The molecule has 0 aliphatic carbocycles. The highest BCUT2D eigenvalue weighted by Crippen LogP contribution is 2.34. The third kappa shape index (κ3) is 3.21. The molecule has 0 atom stereocenters. The molecule has 0 aliphatic heterocycles. The van der Waals surface area contributed by atoms with Crippen molar-refractivity contribution in [3.8, 4) is 39.7 Å². The van der Waals surface area contributed by atoms with Crippen molar-refractivity contribution in [3.63, 3.8) is 0 Å². The van der Waals surface area contributed by atoms with E-state index in [0.717, 1.165) is 44.5 Å². The number of nitrogens with one attached hydrogen (secondary N) is 2. The minimum absolute atomic E-state index is 0.382. The molecule has 1 aromatic carbocycles. The summed E-state index contributed by atoms with van der Waals surface area (Å²) in [5.74, 6) is 0.0564. The lowest BCUT2D eigenvalue weighted by Gasteiger charge is -2.06. The number of nitrogens with zero attached hydrogens (tertiary/aromatic N) is 5. The van der Waals surface area contributed by atoms with Crippen LogP contribution in [0, 0.1) is 5.82 Å². The number of H-pyrrole nitrogens is 2. The highest BCUT2D eigenvalue weighted by Gasteiger charge is 2.16. The van der Waals surface area contributed by atoms with E-state index in [1.165, 1.54) is 19.2 Å². The summed E-state index contributed by atoms with van der Waals surface area (Å²) in [6, 6.07) is 10.4. The summed E-state index contributed by atoms with van der Waals surface area (Å²) in [4.78, 5) is 12.5. The number of fused-ring (bicyclic) bond motifs is 2. The summed E-state index contributed by atoms with van der Waals surface area (Å²) < 4.78 is 21.1. The maximum Gasteiger partial charge on any atom is 0.127 e. The molecule has 6 aromatic rings. The topological polar surface area (TPSA) is 97.3 Å². The Bertz CT molecular complexity index is 1650. The molecular formula is C24H18FN7O. The van der Waals surface area contributed by atoms with Crippen LogP contribution in [0.4, 0.5) is 4.39 Å². The van der Waals surface area contributed by atoms with E-state index in [0.29, 0.717) is 17.0 Å². The fourth-order valence-corrected chi connectivity index (χ4v) is 4.06. The molecule has 5 heterocycles. The average Bonchev–Trinajstić information content (AvgIpc) is 3.55. The number of hydrogen-bond acceptors (Lipinski definition) is 5. The SMILES string of the molecule is COc1cc(F)cc(-c2nccc3[nH]c(-c4n[nH]c5cnc(-c6cnn(C)c6)cc45)cc23)c1. The van der Waals surface area contributed by atoms with Gasteiger partial charge in [0, 0.05) is 52.9 Å². The smallest absolute Gasteiger partial charge is 0.127 e. The Kier molecular flexibility index (Phi) is 4.22. The second-order valence-electron chi connectivity index (χ2n) is 7.77. The van der Waals surface area contributed by atoms with E-state index in [1.807, 2.05) is 31.4 Å². The van der Waals surface area contributed by atoms with Crippen LogP contribution in [-0.4, -0.2) is 42.0 Å². The van der Waals surface area contributed by atoms with Crippen LogP contribution in [0.15, 0.2) is 61.2 Å². The van der Waals surface area contributed by atoms with Gasteiger partial charge in [0.15, 0.2) is 0 Å². The number of methoxy groups -OCH3 is 1. The van der Waals surface area contributed by atoms with E-state index in [4.69, 9.17) is 4.74 Å². The molecule has 0 saturated carbocycles. The van der Waals surface area contributed by atoms with Crippen molar-refractivity contribution < 1.29 is 9.13 Å². The van der Waals surface area contributed by atoms with Crippen LogP contribution in [0.3, 0.4) is 0 Å². The van der Waals surface area contributed by atoms with Gasteiger partial charge in [-0.2, -0.15) is 10.2 Å². The Balaban J connectivity index is 1.50. The highest BCUT2D eigenvalue weighted by atomic mass is 19.1. The van der Waals surface area contributed by atoms with Gasteiger partial charge in [0.1, 0.15) is 17.3 Å². The Morgan fingerprint density at radius 3 is 2.64 bits per heavy atom. The second kappa shape index (κ2) is 7.27. The van der Waals surface area contributed by atoms with Gasteiger partial charge < -0.3 is 9.72 Å². The van der Waals surface area contributed by atoms with Crippen molar-refractivity contribution in [2.75, 3.05) is 7.11 Å². The lowest BCUT2D eigenvalue weighted by Crippen LogP contribution is -1.89. The largest absolute Gasteiger partial charge is 0.497 e. The molecule has 0 unspecified atom stereocenters. The van der Waals surface area contributed by atoms with Gasteiger partial charge in [-0.1, -0.05) is 0 Å². The standard InChI is InChI=1S/C24H18FN7O/c1-32-12-14(10-28-32)20-8-18-22(11-27-20)30-31-24(18)21-9-17-19(29-21)3-4-26-23(17)13-5-15(25)7-16(6-13)33-2/h3-12,29H,1-2H3,(H,30,31). The maximum absolute atomic E-state index is 14.1. The molecule has 9 heteroatoms. The number of aryl methyl sites for hydroxylation is 1. The molecular weight excluding hydrogens is 421 g/mol. The van der Waals surface area contributed by atoms with Gasteiger partial charge in [-0.05, 0) is 30.3 Å². The van der Waals surface area contributed by atoms with Gasteiger partial charge in [0.05, 0.1) is 42.1 Å². The fourth-order valence-electron chi connectivity index (χ4n) is 4.06. The normalized spacial score (nSPS) is 11.5. The molecule has 0 amide bonds. The number of hydrogen-bond donors (Lipinski definition) is 2. The number of ether oxygens (including phenoxy) is 1. The molecule has 0 spiro atoms. The van der Waals surface area contributed by atoms with Crippen LogP contribution in [0.25, 0.3) is 55.7 Å². The first-order chi connectivity index (χ1) is 16.1. The van der Waals surface area contributed by atoms with Crippen molar-refractivity contribution in [1.82, 2.24) is 34.9 Å². The third-order valence-electron chi connectivity index (χ3n) is 5.63. The predicted octanol–water partition coefficient (Wildman–Crippen LogP) is 4.72. The van der Waals surface area contributed by atoms with Crippen LogP contribution >= 0.6 is 0 Å². The van der Waals surface area contributed by atoms with Crippen molar-refractivity contribution in [2.45, 2.75) is 0 Å². The van der Waals surface area contributed by atoms with E-state index in [1.54, 1.807) is 29.3 Å². The number of pyridine rings is 2. The minimum atomic E-state index is -0.382. The number of aromatic amines is 2. The van der Waals surface area contributed by atoms with Gasteiger partial charge in [0.2, 0.25) is 0 Å². The van der Waals surface area contributed by atoms with Gasteiger partial charge in [-0.15, -0.1) is 0 Å². The molecule has 6 rings (SSSR count). The van der Waals surface area contributed by atoms with Gasteiger partial charge in [-0.3, -0.25) is 19.7 Å². The molecule has 0 saturated heterocycles. The van der Waals surface area contributed by atoms with Crippen molar-refractivity contribution in [1.29, 1.82) is 0 Å². The first-order valence-corrected chi connectivity index (χ1v) is 10.3. The molecule has 5 aromatic heterocycles. The lowest BCUT2D eigenvalue weighted by atomic mass is 10.1. The Hall–Kier alpha value is -4.53. The molecule has 8 nitrogen and oxygen atoms in total. The molecule has 0 fully saturated rings. The number of benzene rings is 1. The van der Waals surface area contributed by atoms with Crippen molar-refractivity contribution in [3.05, 3.63) is 67.0 Å². The predicted molar refractivity (Wildman–Crippen MR) is 123 cm³/mol. The van der Waals surface area contributed by atoms with Gasteiger partial charge >= 0.3 is 0 Å². The van der Waals surface area contributed by atoms with Crippen LogP contribution in [0.5, 0.6) is 5.75 Å². The van der Waals surface area contributed by atoms with Crippen LogP contribution in [-0.2, 0) is 7.05 Å². The quantitative estimate of drug-likeness (QED) is 0.414. The van der Waals surface area contributed by atoms with Gasteiger partial charge in [-0.25, -0.2) is 4.39 Å². The van der Waals surface area contributed by atoms with Crippen LogP contribution in [0.2, 0.25) is 0 Å². The van der Waals surface area contributed by atoms with Crippen LogP contribution < -0.4 is 4.74 Å². The van der Waals surface area contributed by atoms with Crippen LogP contribution in [0.1, 0.15) is 0 Å². The summed E-state index contributed by atoms with van der Waals surface area (Å²) in [6.07, 6.45) is 7.16. The summed E-state index contributed by atoms with van der Waals surface area (Å²) in [6.45, 7) is 0. The summed E-state index contributed by atoms with van der Waals surface area (Å²) >= 11 is 0. The minimum Gasteiger partial charge on any atom is -0.497 e.